The number of benzene rings is 1. The van der Waals surface area contributed by atoms with E-state index in [9.17, 15) is 0 Å². The summed E-state index contributed by atoms with van der Waals surface area (Å²) in [7, 11) is 0. The molecular formula is C14H17N5. The van der Waals surface area contributed by atoms with Crippen LogP contribution in [-0.2, 0) is 0 Å². The first kappa shape index (κ1) is 13.3. The summed E-state index contributed by atoms with van der Waals surface area (Å²) in [6.45, 7) is 0. The van der Waals surface area contributed by atoms with Crippen LogP contribution in [0.1, 0.15) is 31.0 Å². The molecule has 98 valence electrons. The standard InChI is InChI=1S/C14H17N5/c1-2-3-5-10-13(17-15)14-11-16-19(18-14)12-8-6-4-7-9-12/h1,4,6-9,11,13,17H,3,5,10,15H2. The van der Waals surface area contributed by atoms with Gasteiger partial charge in [-0.3, -0.25) is 11.3 Å². The van der Waals surface area contributed by atoms with Crippen LogP contribution in [0.5, 0.6) is 0 Å². The topological polar surface area (TPSA) is 68.8 Å². The molecule has 0 fully saturated rings. The van der Waals surface area contributed by atoms with Crippen molar-refractivity contribution >= 4 is 0 Å². The van der Waals surface area contributed by atoms with E-state index in [1.165, 1.54) is 0 Å². The van der Waals surface area contributed by atoms with Crippen LogP contribution in [0.2, 0.25) is 0 Å². The normalized spacial score (nSPS) is 12.0. The third-order valence-corrected chi connectivity index (χ3v) is 2.87. The lowest BCUT2D eigenvalue weighted by molar-refractivity contribution is 0.488. The van der Waals surface area contributed by atoms with E-state index >= 15 is 0 Å². The minimum Gasteiger partial charge on any atom is -0.271 e. The zero-order chi connectivity index (χ0) is 13.5. The van der Waals surface area contributed by atoms with Crippen LogP contribution >= 0.6 is 0 Å². The van der Waals surface area contributed by atoms with Gasteiger partial charge in [0.1, 0.15) is 5.69 Å². The first-order valence-electron chi connectivity index (χ1n) is 6.22. The van der Waals surface area contributed by atoms with E-state index in [-0.39, 0.29) is 6.04 Å². The first-order valence-corrected chi connectivity index (χ1v) is 6.22. The van der Waals surface area contributed by atoms with Gasteiger partial charge in [0.2, 0.25) is 0 Å². The molecule has 2 rings (SSSR count). The van der Waals surface area contributed by atoms with E-state index in [1.807, 2.05) is 30.3 Å². The highest BCUT2D eigenvalue weighted by atomic mass is 15.5. The van der Waals surface area contributed by atoms with E-state index in [0.717, 1.165) is 30.6 Å². The highest BCUT2D eigenvalue weighted by molar-refractivity contribution is 5.28. The number of hydrazine groups is 1. The van der Waals surface area contributed by atoms with Crippen molar-refractivity contribution in [1.82, 2.24) is 20.4 Å². The van der Waals surface area contributed by atoms with Gasteiger partial charge in [-0.25, -0.2) is 0 Å². The maximum atomic E-state index is 5.56. The molecule has 1 atom stereocenters. The molecule has 1 aromatic carbocycles. The molecule has 2 aromatic rings. The van der Waals surface area contributed by atoms with E-state index in [1.54, 1.807) is 11.0 Å². The summed E-state index contributed by atoms with van der Waals surface area (Å²) in [5, 5.41) is 8.70. The number of terminal acetylenes is 1. The van der Waals surface area contributed by atoms with Gasteiger partial charge in [0.25, 0.3) is 0 Å². The van der Waals surface area contributed by atoms with Crippen LogP contribution in [0, 0.1) is 12.3 Å². The third kappa shape index (κ3) is 3.41. The van der Waals surface area contributed by atoms with Gasteiger partial charge < -0.3 is 0 Å². The second-order valence-corrected chi connectivity index (χ2v) is 4.21. The number of hydrogen-bond acceptors (Lipinski definition) is 4. The van der Waals surface area contributed by atoms with Crippen LogP contribution in [0.3, 0.4) is 0 Å². The van der Waals surface area contributed by atoms with Crippen molar-refractivity contribution in [3.8, 4) is 18.0 Å². The van der Waals surface area contributed by atoms with Gasteiger partial charge in [-0.15, -0.1) is 12.3 Å². The van der Waals surface area contributed by atoms with Gasteiger partial charge >= 0.3 is 0 Å². The predicted molar refractivity (Wildman–Crippen MR) is 74.1 cm³/mol. The molecule has 0 radical (unpaired) electrons. The van der Waals surface area contributed by atoms with Crippen LogP contribution in [0.25, 0.3) is 5.69 Å². The van der Waals surface area contributed by atoms with Crippen molar-refractivity contribution in [2.75, 3.05) is 0 Å². The van der Waals surface area contributed by atoms with Crippen molar-refractivity contribution in [1.29, 1.82) is 0 Å². The Balaban J connectivity index is 2.09. The fourth-order valence-corrected chi connectivity index (χ4v) is 1.85. The molecule has 0 aliphatic heterocycles. The summed E-state index contributed by atoms with van der Waals surface area (Å²) in [6, 6.07) is 9.73. The van der Waals surface area contributed by atoms with Crippen molar-refractivity contribution in [2.45, 2.75) is 25.3 Å². The lowest BCUT2D eigenvalue weighted by Crippen LogP contribution is -2.28. The average Bonchev–Trinajstić information content (AvgIpc) is 2.94. The maximum absolute atomic E-state index is 5.56. The molecule has 0 saturated heterocycles. The smallest absolute Gasteiger partial charge is 0.101 e. The Hall–Kier alpha value is -2.16. The van der Waals surface area contributed by atoms with Crippen molar-refractivity contribution in [2.24, 2.45) is 5.84 Å². The number of unbranched alkanes of at least 4 members (excludes halogenated alkanes) is 1. The maximum Gasteiger partial charge on any atom is 0.101 e. The van der Waals surface area contributed by atoms with E-state index in [2.05, 4.69) is 21.5 Å². The fraction of sp³-hybridized carbons (Fsp3) is 0.286. The van der Waals surface area contributed by atoms with Gasteiger partial charge in [-0.2, -0.15) is 15.0 Å². The molecule has 1 heterocycles. The zero-order valence-electron chi connectivity index (χ0n) is 10.7. The number of aromatic nitrogens is 3. The van der Waals surface area contributed by atoms with Gasteiger partial charge in [-0.05, 0) is 25.0 Å². The highest BCUT2D eigenvalue weighted by Crippen LogP contribution is 2.16. The highest BCUT2D eigenvalue weighted by Gasteiger charge is 2.13. The first-order chi connectivity index (χ1) is 9.35. The van der Waals surface area contributed by atoms with Gasteiger partial charge in [0.05, 0.1) is 17.9 Å². The number of rotatable bonds is 6. The predicted octanol–water partition coefficient (Wildman–Crippen LogP) is 1.58. The minimum absolute atomic E-state index is 0.0224. The number of nitrogens with two attached hydrogens (primary N) is 1. The van der Waals surface area contributed by atoms with Crippen LogP contribution in [0.4, 0.5) is 0 Å². The Bertz CT molecular complexity index is 540. The number of hydrogen-bond donors (Lipinski definition) is 2. The Labute approximate surface area is 112 Å². The van der Waals surface area contributed by atoms with Crippen molar-refractivity contribution < 1.29 is 0 Å². The molecule has 5 nitrogen and oxygen atoms in total. The van der Waals surface area contributed by atoms with E-state index in [4.69, 9.17) is 12.3 Å². The van der Waals surface area contributed by atoms with Gasteiger partial charge in [-0.1, -0.05) is 18.2 Å². The SMILES string of the molecule is C#CCCCC(NN)c1cnn(-c2ccccc2)n1. The van der Waals surface area contributed by atoms with E-state index in [0.29, 0.717) is 0 Å². The van der Waals surface area contributed by atoms with Crippen LogP contribution in [-0.4, -0.2) is 15.0 Å². The largest absolute Gasteiger partial charge is 0.271 e. The van der Waals surface area contributed by atoms with Crippen molar-refractivity contribution in [3.05, 3.63) is 42.2 Å². The second-order valence-electron chi connectivity index (χ2n) is 4.21. The summed E-state index contributed by atoms with van der Waals surface area (Å²) in [5.74, 6) is 8.18. The summed E-state index contributed by atoms with van der Waals surface area (Å²) < 4.78 is 0. The number of nitrogens with zero attached hydrogens (tertiary/aromatic N) is 3. The molecule has 0 saturated carbocycles. The molecule has 19 heavy (non-hydrogen) atoms. The molecule has 0 spiro atoms. The van der Waals surface area contributed by atoms with Crippen LogP contribution < -0.4 is 11.3 Å². The lowest BCUT2D eigenvalue weighted by Gasteiger charge is -2.11. The minimum atomic E-state index is -0.0224. The van der Waals surface area contributed by atoms with Gasteiger partial charge in [0, 0.05) is 6.42 Å². The zero-order valence-corrected chi connectivity index (χ0v) is 10.7. The quantitative estimate of drug-likeness (QED) is 0.356. The Morgan fingerprint density at radius 2 is 2.16 bits per heavy atom. The summed E-state index contributed by atoms with van der Waals surface area (Å²) in [4.78, 5) is 1.60. The molecule has 0 bridgehead atoms. The van der Waals surface area contributed by atoms with Crippen molar-refractivity contribution in [3.63, 3.8) is 0 Å². The molecule has 0 aliphatic carbocycles. The molecule has 5 heteroatoms. The number of nitrogens with one attached hydrogen (secondary N) is 1. The number of para-hydroxylation sites is 1. The Morgan fingerprint density at radius 3 is 2.84 bits per heavy atom. The molecule has 0 amide bonds. The fourth-order valence-electron chi connectivity index (χ4n) is 1.85. The average molecular weight is 255 g/mol. The Kier molecular flexibility index (Phi) is 4.67. The Morgan fingerprint density at radius 1 is 1.37 bits per heavy atom. The van der Waals surface area contributed by atoms with E-state index < -0.39 is 0 Å². The summed E-state index contributed by atoms with van der Waals surface area (Å²) >= 11 is 0. The molecular weight excluding hydrogens is 238 g/mol. The monoisotopic (exact) mass is 255 g/mol. The third-order valence-electron chi connectivity index (χ3n) is 2.87. The molecule has 0 aliphatic rings. The summed E-state index contributed by atoms with van der Waals surface area (Å²) in [6.07, 6.45) is 9.46. The second kappa shape index (κ2) is 6.69. The van der Waals surface area contributed by atoms with Gasteiger partial charge in [0.15, 0.2) is 0 Å². The lowest BCUT2D eigenvalue weighted by atomic mass is 10.1. The molecule has 1 aromatic heterocycles. The molecule has 3 N–H and O–H groups in total. The summed E-state index contributed by atoms with van der Waals surface area (Å²) in [5.41, 5.74) is 4.50. The molecule has 1 unspecified atom stereocenters. The van der Waals surface area contributed by atoms with Crippen LogP contribution in [0.15, 0.2) is 36.5 Å².